The molecule has 0 aromatic carbocycles. The Balaban J connectivity index is 2.39. The second-order valence-electron chi connectivity index (χ2n) is 3.25. The Labute approximate surface area is 70.1 Å². The van der Waals surface area contributed by atoms with Crippen molar-refractivity contribution in [1.29, 1.82) is 0 Å². The smallest absolute Gasteiger partial charge is 0.0400 e. The number of hydrogen-bond acceptors (Lipinski definition) is 1. The Kier molecular flexibility index (Phi) is 3.30. The van der Waals surface area contributed by atoms with Crippen LogP contribution in [0.25, 0.3) is 0 Å². The summed E-state index contributed by atoms with van der Waals surface area (Å²) in [6.07, 6.45) is 3.04. The van der Waals surface area contributed by atoms with Crippen LogP contribution in [0.1, 0.15) is 5.69 Å². The predicted octanol–water partition coefficient (Wildman–Crippen LogP) is 2.11. The summed E-state index contributed by atoms with van der Waals surface area (Å²) in [6.45, 7) is 4.76. The molecule has 0 aliphatic heterocycles. The van der Waals surface area contributed by atoms with Gasteiger partial charge in [0.05, 0.1) is 0 Å². The zero-order valence-corrected chi connectivity index (χ0v) is 8.40. The molecule has 1 aromatic heterocycles. The fourth-order valence-electron chi connectivity index (χ4n) is 0.983. The van der Waals surface area contributed by atoms with E-state index in [1.165, 1.54) is 18.2 Å². The van der Waals surface area contributed by atoms with Gasteiger partial charge in [0, 0.05) is 20.7 Å². The highest BCUT2D eigenvalue weighted by Gasteiger charge is 1.96. The molecule has 0 spiro atoms. The van der Waals surface area contributed by atoms with Crippen LogP contribution in [0.5, 0.6) is 0 Å². The van der Waals surface area contributed by atoms with E-state index in [-0.39, 0.29) is 8.80 Å². The first-order chi connectivity index (χ1) is 5.29. The third-order valence-electron chi connectivity index (χ3n) is 1.70. The van der Waals surface area contributed by atoms with Crippen molar-refractivity contribution < 1.29 is 0 Å². The third-order valence-corrected chi connectivity index (χ3v) is 3.15. The van der Waals surface area contributed by atoms with Gasteiger partial charge in [0.2, 0.25) is 0 Å². The van der Waals surface area contributed by atoms with Crippen molar-refractivity contribution in [2.24, 2.45) is 0 Å². The Morgan fingerprint density at radius 2 is 2.18 bits per heavy atom. The van der Waals surface area contributed by atoms with E-state index >= 15 is 0 Å². The summed E-state index contributed by atoms with van der Waals surface area (Å²) in [5, 5.41) is 0. The van der Waals surface area contributed by atoms with Gasteiger partial charge in [-0.2, -0.15) is 0 Å². The average molecular weight is 165 g/mol. The van der Waals surface area contributed by atoms with Gasteiger partial charge in [-0.25, -0.2) is 0 Å². The number of hydrogen-bond donors (Lipinski definition) is 0. The van der Waals surface area contributed by atoms with Crippen LogP contribution in [0.3, 0.4) is 0 Å². The van der Waals surface area contributed by atoms with Gasteiger partial charge in [0.1, 0.15) is 0 Å². The summed E-state index contributed by atoms with van der Waals surface area (Å²) in [5.41, 5.74) is 1.24. The third kappa shape index (κ3) is 3.32. The molecule has 0 bridgehead atoms. The van der Waals surface area contributed by atoms with Crippen molar-refractivity contribution in [2.45, 2.75) is 25.6 Å². The molecular weight excluding hydrogens is 150 g/mol. The van der Waals surface area contributed by atoms with E-state index in [9.17, 15) is 0 Å². The first kappa shape index (κ1) is 8.46. The van der Waals surface area contributed by atoms with Crippen LogP contribution in [0, 0.1) is 0 Å². The second kappa shape index (κ2) is 4.29. The van der Waals surface area contributed by atoms with Crippen LogP contribution in [-0.4, -0.2) is 13.8 Å². The minimum atomic E-state index is -0.380. The van der Waals surface area contributed by atoms with Crippen molar-refractivity contribution in [3.05, 3.63) is 30.1 Å². The Hall–Kier alpha value is -0.633. The van der Waals surface area contributed by atoms with Crippen LogP contribution in [0.15, 0.2) is 24.4 Å². The van der Waals surface area contributed by atoms with Gasteiger partial charge < -0.3 is 0 Å². The lowest BCUT2D eigenvalue weighted by Gasteiger charge is -2.01. The van der Waals surface area contributed by atoms with Crippen LogP contribution in [0.4, 0.5) is 0 Å². The van der Waals surface area contributed by atoms with Crippen molar-refractivity contribution >= 4 is 8.80 Å². The lowest BCUT2D eigenvalue weighted by molar-refractivity contribution is 1.02. The first-order valence-corrected chi connectivity index (χ1v) is 7.31. The van der Waals surface area contributed by atoms with Crippen LogP contribution in [-0.2, 0) is 6.42 Å². The highest BCUT2D eigenvalue weighted by molar-refractivity contribution is 6.55. The zero-order chi connectivity index (χ0) is 8.10. The second-order valence-corrected chi connectivity index (χ2v) is 6.62. The molecule has 0 aliphatic carbocycles. The van der Waals surface area contributed by atoms with Crippen LogP contribution >= 0.6 is 0 Å². The quantitative estimate of drug-likeness (QED) is 0.625. The maximum Gasteiger partial charge on any atom is 0.0400 e. The molecule has 0 saturated carbocycles. The van der Waals surface area contributed by atoms with Crippen molar-refractivity contribution in [3.63, 3.8) is 0 Å². The number of aryl methyl sites for hydroxylation is 1. The minimum absolute atomic E-state index is 0.380. The normalized spacial score (nSPS) is 10.5. The number of nitrogens with zero attached hydrogens (tertiary/aromatic N) is 1. The standard InChI is InChI=1S/C9H15NSi/c1-11(2)8-6-9-5-3-4-7-10-9/h3-5,7,11H,6,8H2,1-2H3. The molecule has 1 rings (SSSR count). The van der Waals surface area contributed by atoms with E-state index in [2.05, 4.69) is 30.2 Å². The Morgan fingerprint density at radius 1 is 1.36 bits per heavy atom. The van der Waals surface area contributed by atoms with E-state index in [1.54, 1.807) is 0 Å². The monoisotopic (exact) mass is 165 g/mol. The predicted molar refractivity (Wildman–Crippen MR) is 51.6 cm³/mol. The van der Waals surface area contributed by atoms with Crippen molar-refractivity contribution in [3.8, 4) is 0 Å². The summed E-state index contributed by atoms with van der Waals surface area (Å²) in [7, 11) is -0.380. The van der Waals surface area contributed by atoms with Gasteiger partial charge in [-0.05, 0) is 18.6 Å². The zero-order valence-electron chi connectivity index (χ0n) is 7.25. The maximum absolute atomic E-state index is 4.27. The molecule has 0 fully saturated rings. The minimum Gasteiger partial charge on any atom is -0.261 e. The molecule has 1 heterocycles. The fraction of sp³-hybridized carbons (Fsp3) is 0.444. The van der Waals surface area contributed by atoms with Crippen LogP contribution < -0.4 is 0 Å². The lowest BCUT2D eigenvalue weighted by atomic mass is 10.3. The lowest BCUT2D eigenvalue weighted by Crippen LogP contribution is -2.01. The summed E-state index contributed by atoms with van der Waals surface area (Å²) >= 11 is 0. The Bertz CT molecular complexity index is 196. The van der Waals surface area contributed by atoms with E-state index in [0.717, 1.165) is 0 Å². The topological polar surface area (TPSA) is 12.9 Å². The summed E-state index contributed by atoms with van der Waals surface area (Å²) in [6, 6.07) is 7.51. The van der Waals surface area contributed by atoms with Gasteiger partial charge >= 0.3 is 0 Å². The van der Waals surface area contributed by atoms with Gasteiger partial charge in [-0.3, -0.25) is 4.98 Å². The van der Waals surface area contributed by atoms with E-state index in [1.807, 2.05) is 12.3 Å². The molecule has 1 nitrogen and oxygen atoms in total. The molecule has 1 aromatic rings. The highest BCUT2D eigenvalue weighted by Crippen LogP contribution is 2.01. The SMILES string of the molecule is C[SiH](C)CCc1ccccn1. The molecule has 11 heavy (non-hydrogen) atoms. The Morgan fingerprint density at radius 3 is 2.73 bits per heavy atom. The van der Waals surface area contributed by atoms with Crippen LogP contribution in [0.2, 0.25) is 19.1 Å². The molecule has 60 valence electrons. The molecule has 0 N–H and O–H groups in total. The van der Waals surface area contributed by atoms with E-state index < -0.39 is 0 Å². The summed E-state index contributed by atoms with van der Waals surface area (Å²) in [4.78, 5) is 4.27. The molecule has 0 radical (unpaired) electrons. The number of pyridine rings is 1. The largest absolute Gasteiger partial charge is 0.261 e. The molecule has 0 amide bonds. The fourth-order valence-corrected chi connectivity index (χ4v) is 1.86. The molecule has 0 unspecified atom stereocenters. The average Bonchev–Trinajstić information content (AvgIpc) is 2.03. The van der Waals surface area contributed by atoms with Gasteiger partial charge in [0.15, 0.2) is 0 Å². The number of rotatable bonds is 3. The van der Waals surface area contributed by atoms with Gasteiger partial charge in [-0.15, -0.1) is 0 Å². The number of aromatic nitrogens is 1. The maximum atomic E-state index is 4.27. The van der Waals surface area contributed by atoms with E-state index in [0.29, 0.717) is 0 Å². The molecule has 0 saturated heterocycles. The molecule has 0 atom stereocenters. The molecule has 2 heteroatoms. The van der Waals surface area contributed by atoms with E-state index in [4.69, 9.17) is 0 Å². The first-order valence-electron chi connectivity index (χ1n) is 4.19. The van der Waals surface area contributed by atoms with Gasteiger partial charge in [-0.1, -0.05) is 25.2 Å². The van der Waals surface area contributed by atoms with Crippen molar-refractivity contribution in [2.75, 3.05) is 0 Å². The summed E-state index contributed by atoms with van der Waals surface area (Å²) < 4.78 is 0. The highest BCUT2D eigenvalue weighted by atomic mass is 28.3. The molecular formula is C9H15NSi. The molecule has 0 aliphatic rings. The van der Waals surface area contributed by atoms with Gasteiger partial charge in [0.25, 0.3) is 0 Å². The van der Waals surface area contributed by atoms with Crippen molar-refractivity contribution in [1.82, 2.24) is 4.98 Å². The summed E-state index contributed by atoms with van der Waals surface area (Å²) in [5.74, 6) is 0.